The lowest BCUT2D eigenvalue weighted by Crippen LogP contribution is -2.30. The Balaban J connectivity index is 1.64. The van der Waals surface area contributed by atoms with Gasteiger partial charge >= 0.3 is 0 Å². The number of hydrogen-bond donors (Lipinski definition) is 2. The summed E-state index contributed by atoms with van der Waals surface area (Å²) in [4.78, 5) is 18.5. The van der Waals surface area contributed by atoms with E-state index in [1.165, 1.54) is 0 Å². The molecule has 156 valence electrons. The molecule has 0 aliphatic carbocycles. The number of halogens is 1. The van der Waals surface area contributed by atoms with Crippen LogP contribution in [0.1, 0.15) is 23.5 Å². The molecule has 1 aliphatic heterocycles. The van der Waals surface area contributed by atoms with Crippen LogP contribution < -0.4 is 10.2 Å². The molecule has 2 N–H and O–H groups in total. The summed E-state index contributed by atoms with van der Waals surface area (Å²) < 4.78 is 0. The van der Waals surface area contributed by atoms with E-state index in [4.69, 9.17) is 16.6 Å². The zero-order chi connectivity index (χ0) is 20.9. The molecule has 0 radical (unpaired) electrons. The quantitative estimate of drug-likeness (QED) is 0.646. The van der Waals surface area contributed by atoms with Crippen LogP contribution in [-0.2, 0) is 0 Å². The summed E-state index contributed by atoms with van der Waals surface area (Å²) in [5, 5.41) is 11.0. The van der Waals surface area contributed by atoms with Crippen LogP contribution in [0, 0.1) is 6.92 Å². The lowest BCUT2D eigenvalue weighted by molar-refractivity contribution is 0.360. The van der Waals surface area contributed by atoms with E-state index in [1.807, 2.05) is 49.4 Å². The Morgan fingerprint density at radius 3 is 2.77 bits per heavy atom. The molecule has 30 heavy (non-hydrogen) atoms. The molecule has 0 unspecified atom stereocenters. The van der Waals surface area contributed by atoms with Gasteiger partial charge in [-0.15, -0.1) is 0 Å². The summed E-state index contributed by atoms with van der Waals surface area (Å²) in [5.74, 6) is 2.38. The average Bonchev–Trinajstić information content (AvgIpc) is 3.00. The zero-order valence-corrected chi connectivity index (χ0v) is 17.9. The Hall–Kier alpha value is -2.97. The van der Waals surface area contributed by atoms with Crippen LogP contribution in [0.25, 0.3) is 12.2 Å². The number of aromatic amines is 1. The van der Waals surface area contributed by atoms with E-state index in [2.05, 4.69) is 42.3 Å². The number of H-pyrrole nitrogens is 1. The summed E-state index contributed by atoms with van der Waals surface area (Å²) in [6.45, 7) is 5.77. The molecule has 8 nitrogen and oxygen atoms in total. The largest absolute Gasteiger partial charge is 0.339 e. The molecular formula is C21H25ClN8. The molecular weight excluding hydrogens is 400 g/mol. The molecule has 2 aromatic heterocycles. The minimum absolute atomic E-state index is 0.467. The van der Waals surface area contributed by atoms with Gasteiger partial charge in [-0.1, -0.05) is 29.8 Å². The second-order valence-corrected chi connectivity index (χ2v) is 7.85. The van der Waals surface area contributed by atoms with Crippen LogP contribution in [0.4, 0.5) is 17.7 Å². The molecule has 0 amide bonds. The first kappa shape index (κ1) is 20.3. The third-order valence-electron chi connectivity index (χ3n) is 4.86. The first-order chi connectivity index (χ1) is 14.5. The smallest absolute Gasteiger partial charge is 0.233 e. The number of hydrogen-bond acceptors (Lipinski definition) is 7. The number of aromatic nitrogens is 5. The second-order valence-electron chi connectivity index (χ2n) is 7.41. The number of anilines is 3. The first-order valence-corrected chi connectivity index (χ1v) is 10.4. The van der Waals surface area contributed by atoms with E-state index in [-0.39, 0.29) is 0 Å². The van der Waals surface area contributed by atoms with Crippen LogP contribution >= 0.6 is 11.6 Å². The lowest BCUT2D eigenvalue weighted by atomic mass is 10.2. The Bertz CT molecular complexity index is 1030. The fourth-order valence-electron chi connectivity index (χ4n) is 3.28. The molecule has 9 heteroatoms. The molecule has 0 spiro atoms. The van der Waals surface area contributed by atoms with Crippen molar-refractivity contribution in [2.45, 2.75) is 13.3 Å². The number of nitrogens with zero attached hydrogens (tertiary/aromatic N) is 6. The van der Waals surface area contributed by atoms with Crippen molar-refractivity contribution in [2.24, 2.45) is 0 Å². The summed E-state index contributed by atoms with van der Waals surface area (Å²) >= 11 is 6.09. The third-order valence-corrected chi connectivity index (χ3v) is 5.10. The van der Waals surface area contributed by atoms with Gasteiger partial charge in [0.1, 0.15) is 0 Å². The highest BCUT2D eigenvalue weighted by molar-refractivity contribution is 6.30. The van der Waals surface area contributed by atoms with Gasteiger partial charge in [0.15, 0.2) is 11.6 Å². The van der Waals surface area contributed by atoms with Gasteiger partial charge in [-0.3, -0.25) is 5.10 Å². The number of rotatable bonds is 5. The van der Waals surface area contributed by atoms with Crippen molar-refractivity contribution in [1.82, 2.24) is 30.0 Å². The fourth-order valence-corrected chi connectivity index (χ4v) is 3.48. The van der Waals surface area contributed by atoms with Crippen molar-refractivity contribution in [2.75, 3.05) is 43.4 Å². The maximum Gasteiger partial charge on any atom is 0.233 e. The van der Waals surface area contributed by atoms with Gasteiger partial charge in [-0.2, -0.15) is 20.1 Å². The predicted octanol–water partition coefficient (Wildman–Crippen LogP) is 3.61. The van der Waals surface area contributed by atoms with E-state index < -0.39 is 0 Å². The highest BCUT2D eigenvalue weighted by atomic mass is 35.5. The van der Waals surface area contributed by atoms with Crippen LogP contribution in [0.2, 0.25) is 5.02 Å². The highest BCUT2D eigenvalue weighted by Gasteiger charge is 2.17. The minimum Gasteiger partial charge on any atom is -0.339 e. The molecule has 3 heterocycles. The van der Waals surface area contributed by atoms with E-state index in [0.717, 1.165) is 43.9 Å². The van der Waals surface area contributed by atoms with Crippen molar-refractivity contribution < 1.29 is 0 Å². The average molecular weight is 425 g/mol. The van der Waals surface area contributed by atoms with E-state index in [1.54, 1.807) is 0 Å². The summed E-state index contributed by atoms with van der Waals surface area (Å²) in [5.41, 5.74) is 1.95. The van der Waals surface area contributed by atoms with Crippen molar-refractivity contribution in [3.8, 4) is 0 Å². The van der Waals surface area contributed by atoms with Gasteiger partial charge < -0.3 is 15.1 Å². The molecule has 1 saturated heterocycles. The van der Waals surface area contributed by atoms with Gasteiger partial charge in [-0.25, -0.2) is 0 Å². The number of nitrogens with one attached hydrogen (secondary N) is 2. The Labute approximate surface area is 181 Å². The molecule has 0 bridgehead atoms. The second kappa shape index (κ2) is 9.23. The molecule has 0 saturated carbocycles. The standard InChI is InChI=1S/C21H25ClN8/c1-15-13-19(28-27-15)24-20-23-18(8-7-16-5-3-6-17(22)14-16)25-21(26-20)30-10-4-9-29(2)11-12-30/h3,5-8,13-14H,4,9-12H2,1-2H3,(H2,23,24,25,26,27,28)/b8-7+. The molecule has 0 atom stereocenters. The zero-order valence-electron chi connectivity index (χ0n) is 17.1. The van der Waals surface area contributed by atoms with Crippen molar-refractivity contribution in [3.63, 3.8) is 0 Å². The van der Waals surface area contributed by atoms with Gasteiger partial charge in [0, 0.05) is 36.4 Å². The van der Waals surface area contributed by atoms with Crippen LogP contribution in [0.3, 0.4) is 0 Å². The molecule has 1 aromatic carbocycles. The maximum absolute atomic E-state index is 6.09. The van der Waals surface area contributed by atoms with Crippen LogP contribution in [0.5, 0.6) is 0 Å². The molecule has 3 aromatic rings. The SMILES string of the molecule is Cc1cc(Nc2nc(/C=C/c3cccc(Cl)c3)nc(N3CCCN(C)CC3)n2)n[nH]1. The van der Waals surface area contributed by atoms with Gasteiger partial charge in [-0.05, 0) is 50.7 Å². The number of benzene rings is 1. The van der Waals surface area contributed by atoms with Crippen molar-refractivity contribution in [1.29, 1.82) is 0 Å². The monoisotopic (exact) mass is 424 g/mol. The normalized spacial score (nSPS) is 15.5. The fraction of sp³-hybridized carbons (Fsp3) is 0.333. The van der Waals surface area contributed by atoms with Crippen molar-refractivity contribution in [3.05, 3.63) is 52.4 Å². The molecule has 1 fully saturated rings. The predicted molar refractivity (Wildman–Crippen MR) is 121 cm³/mol. The molecule has 4 rings (SSSR count). The minimum atomic E-state index is 0.467. The Morgan fingerprint density at radius 1 is 1.07 bits per heavy atom. The van der Waals surface area contributed by atoms with Gasteiger partial charge in [0.05, 0.1) is 0 Å². The summed E-state index contributed by atoms with van der Waals surface area (Å²) in [7, 11) is 2.14. The summed E-state index contributed by atoms with van der Waals surface area (Å²) in [6, 6.07) is 9.56. The van der Waals surface area contributed by atoms with E-state index >= 15 is 0 Å². The number of likely N-dealkylation sites (N-methyl/N-ethyl adjacent to an activating group) is 1. The highest BCUT2D eigenvalue weighted by Crippen LogP contribution is 2.18. The topological polar surface area (TPSA) is 85.9 Å². The molecule has 1 aliphatic rings. The van der Waals surface area contributed by atoms with Crippen LogP contribution in [-0.4, -0.2) is 63.3 Å². The Morgan fingerprint density at radius 2 is 1.97 bits per heavy atom. The number of aryl methyl sites for hydroxylation is 1. The Kier molecular flexibility index (Phi) is 6.25. The summed E-state index contributed by atoms with van der Waals surface area (Å²) in [6.07, 6.45) is 4.89. The third kappa shape index (κ3) is 5.34. The maximum atomic E-state index is 6.09. The van der Waals surface area contributed by atoms with Crippen LogP contribution in [0.15, 0.2) is 30.3 Å². The first-order valence-electron chi connectivity index (χ1n) is 9.97. The van der Waals surface area contributed by atoms with Gasteiger partial charge in [0.2, 0.25) is 11.9 Å². The van der Waals surface area contributed by atoms with Crippen molar-refractivity contribution >= 4 is 41.5 Å². The lowest BCUT2D eigenvalue weighted by Gasteiger charge is -2.21. The van der Waals surface area contributed by atoms with E-state index in [9.17, 15) is 0 Å². The van der Waals surface area contributed by atoms with E-state index in [0.29, 0.717) is 28.6 Å². The van der Waals surface area contributed by atoms with Gasteiger partial charge in [0.25, 0.3) is 0 Å².